The van der Waals surface area contributed by atoms with Crippen LogP contribution in [0.15, 0.2) is 18.3 Å². The third kappa shape index (κ3) is 0.924. The highest BCUT2D eigenvalue weighted by Crippen LogP contribution is 2.17. The Hall–Kier alpha value is -0.955. The van der Waals surface area contributed by atoms with Crippen molar-refractivity contribution >= 4 is 35.8 Å². The number of aromatic amines is 1. The van der Waals surface area contributed by atoms with Gasteiger partial charge in [-0.15, -0.1) is 0 Å². The number of rotatable bonds is 0. The van der Waals surface area contributed by atoms with Gasteiger partial charge in [-0.2, -0.15) is 5.10 Å². The van der Waals surface area contributed by atoms with E-state index in [4.69, 9.17) is 19.4 Å². The van der Waals surface area contributed by atoms with Gasteiger partial charge < -0.3 is 0 Å². The van der Waals surface area contributed by atoms with Crippen molar-refractivity contribution in [1.82, 2.24) is 10.2 Å². The Labute approximate surface area is 70.0 Å². The van der Waals surface area contributed by atoms with Gasteiger partial charge in [0.2, 0.25) is 0 Å². The molecule has 0 unspecified atom stereocenters. The summed E-state index contributed by atoms with van der Waals surface area (Å²) in [5.74, 6) is 0. The van der Waals surface area contributed by atoms with Gasteiger partial charge in [0.25, 0.3) is 0 Å². The summed E-state index contributed by atoms with van der Waals surface area (Å²) in [4.78, 5) is 0. The second kappa shape index (κ2) is 2.27. The summed E-state index contributed by atoms with van der Waals surface area (Å²) in [6.45, 7) is 0. The predicted molar refractivity (Wildman–Crippen MR) is 46.5 cm³/mol. The second-order valence-electron chi connectivity index (χ2n) is 2.30. The lowest BCUT2D eigenvalue weighted by Crippen LogP contribution is -2.02. The molecule has 1 aromatic carbocycles. The lowest BCUT2D eigenvalue weighted by molar-refractivity contribution is 1.12. The molecule has 52 valence electrons. The Balaban J connectivity index is 2.93. The number of hydrogen-bond acceptors (Lipinski definition) is 1. The third-order valence-electron chi connectivity index (χ3n) is 1.59. The molecule has 2 radical (unpaired) electrons. The van der Waals surface area contributed by atoms with Crippen LogP contribution in [-0.4, -0.2) is 18.0 Å². The molecule has 0 aliphatic heterocycles. The molecule has 0 saturated carbocycles. The van der Waals surface area contributed by atoms with Gasteiger partial charge in [-0.1, -0.05) is 23.1 Å². The maximum Gasteiger partial charge on any atom is 0.115 e. The van der Waals surface area contributed by atoms with E-state index in [0.29, 0.717) is 10.5 Å². The van der Waals surface area contributed by atoms with Gasteiger partial charge in [0, 0.05) is 10.4 Å². The van der Waals surface area contributed by atoms with Crippen LogP contribution in [0.1, 0.15) is 0 Å². The Kier molecular flexibility index (Phi) is 1.39. The molecule has 0 spiro atoms. The number of fused-ring (bicyclic) bond motifs is 1. The SMILES string of the molecule is [B]c1ccc2[nH]ncc2c1Cl. The fraction of sp³-hybridized carbons (Fsp3) is 0. The second-order valence-corrected chi connectivity index (χ2v) is 2.68. The van der Waals surface area contributed by atoms with Crippen LogP contribution in [0.5, 0.6) is 0 Å². The zero-order valence-electron chi connectivity index (χ0n) is 5.63. The van der Waals surface area contributed by atoms with Crippen LogP contribution in [-0.2, 0) is 0 Å². The zero-order valence-corrected chi connectivity index (χ0v) is 6.39. The van der Waals surface area contributed by atoms with Crippen molar-refractivity contribution in [3.63, 3.8) is 0 Å². The molecule has 11 heavy (non-hydrogen) atoms. The molecule has 4 heteroatoms. The van der Waals surface area contributed by atoms with Crippen molar-refractivity contribution in [2.24, 2.45) is 0 Å². The lowest BCUT2D eigenvalue weighted by atomic mass is 9.95. The Morgan fingerprint density at radius 2 is 2.27 bits per heavy atom. The standard InChI is InChI=1S/C7H4BClN2/c8-5-1-2-6-4(7(5)9)3-10-11-6/h1-3H,(H,10,11). The minimum atomic E-state index is 0.566. The highest BCUT2D eigenvalue weighted by atomic mass is 35.5. The van der Waals surface area contributed by atoms with Gasteiger partial charge in [-0.05, 0) is 6.07 Å². The largest absolute Gasteiger partial charge is 0.278 e. The number of H-pyrrole nitrogens is 1. The maximum absolute atomic E-state index is 5.88. The highest BCUT2D eigenvalue weighted by molar-refractivity contribution is 6.48. The summed E-state index contributed by atoms with van der Waals surface area (Å²) in [5, 5.41) is 8.07. The van der Waals surface area contributed by atoms with Crippen molar-refractivity contribution in [3.05, 3.63) is 23.4 Å². The van der Waals surface area contributed by atoms with Crippen molar-refractivity contribution < 1.29 is 0 Å². The van der Waals surface area contributed by atoms with Gasteiger partial charge in [0.05, 0.1) is 11.7 Å². The molecule has 2 rings (SSSR count). The van der Waals surface area contributed by atoms with E-state index in [2.05, 4.69) is 10.2 Å². The molecule has 0 bridgehead atoms. The quantitative estimate of drug-likeness (QED) is 0.576. The molecule has 0 saturated heterocycles. The smallest absolute Gasteiger partial charge is 0.115 e. The van der Waals surface area contributed by atoms with E-state index in [9.17, 15) is 0 Å². The molecular weight excluding hydrogens is 158 g/mol. The highest BCUT2D eigenvalue weighted by Gasteiger charge is 2.01. The third-order valence-corrected chi connectivity index (χ3v) is 2.01. The van der Waals surface area contributed by atoms with Crippen LogP contribution in [0.25, 0.3) is 10.9 Å². The molecule has 0 fully saturated rings. The van der Waals surface area contributed by atoms with Crippen LogP contribution in [0.4, 0.5) is 0 Å². The van der Waals surface area contributed by atoms with Crippen molar-refractivity contribution in [2.75, 3.05) is 0 Å². The van der Waals surface area contributed by atoms with E-state index < -0.39 is 0 Å². The van der Waals surface area contributed by atoms with Gasteiger partial charge in [-0.3, -0.25) is 5.10 Å². The molecule has 1 N–H and O–H groups in total. The average molecular weight is 162 g/mol. The summed E-state index contributed by atoms with van der Waals surface area (Å²) in [6, 6.07) is 3.60. The first-order chi connectivity index (χ1) is 5.29. The van der Waals surface area contributed by atoms with Crippen LogP contribution >= 0.6 is 11.6 Å². The average Bonchev–Trinajstić information content (AvgIpc) is 2.45. The summed E-state index contributed by atoms with van der Waals surface area (Å²) in [5.41, 5.74) is 1.49. The van der Waals surface area contributed by atoms with Crippen molar-refractivity contribution in [1.29, 1.82) is 0 Å². The predicted octanol–water partition coefficient (Wildman–Crippen LogP) is 1.01. The first-order valence-corrected chi connectivity index (χ1v) is 3.54. The number of hydrogen-bond donors (Lipinski definition) is 1. The number of nitrogens with one attached hydrogen (secondary N) is 1. The van der Waals surface area contributed by atoms with E-state index >= 15 is 0 Å². The normalized spacial score (nSPS) is 10.6. The number of aromatic nitrogens is 2. The van der Waals surface area contributed by atoms with E-state index in [1.165, 1.54) is 0 Å². The Morgan fingerprint density at radius 1 is 1.45 bits per heavy atom. The van der Waals surface area contributed by atoms with Gasteiger partial charge >= 0.3 is 0 Å². The van der Waals surface area contributed by atoms with Crippen LogP contribution < -0.4 is 5.46 Å². The summed E-state index contributed by atoms with van der Waals surface area (Å²) < 4.78 is 0. The summed E-state index contributed by atoms with van der Waals surface area (Å²) >= 11 is 5.88. The van der Waals surface area contributed by atoms with Crippen LogP contribution in [0.3, 0.4) is 0 Å². The number of nitrogens with zero attached hydrogens (tertiary/aromatic N) is 1. The molecule has 0 aliphatic carbocycles. The minimum absolute atomic E-state index is 0.566. The van der Waals surface area contributed by atoms with E-state index in [0.717, 1.165) is 10.9 Å². The molecule has 2 nitrogen and oxygen atoms in total. The fourth-order valence-corrected chi connectivity index (χ4v) is 1.21. The first kappa shape index (κ1) is 6.74. The number of benzene rings is 1. The van der Waals surface area contributed by atoms with E-state index in [1.807, 2.05) is 6.07 Å². The zero-order chi connectivity index (χ0) is 7.84. The molecule has 1 heterocycles. The Morgan fingerprint density at radius 3 is 3.09 bits per heavy atom. The molecule has 1 aromatic heterocycles. The summed E-state index contributed by atoms with van der Waals surface area (Å²) in [7, 11) is 5.57. The van der Waals surface area contributed by atoms with E-state index in [-0.39, 0.29) is 0 Å². The van der Waals surface area contributed by atoms with Crippen LogP contribution in [0, 0.1) is 0 Å². The fourth-order valence-electron chi connectivity index (χ4n) is 1.000. The maximum atomic E-state index is 5.88. The Bertz CT molecular complexity index is 396. The minimum Gasteiger partial charge on any atom is -0.278 e. The monoisotopic (exact) mass is 162 g/mol. The molecule has 0 aliphatic rings. The van der Waals surface area contributed by atoms with Gasteiger partial charge in [0.1, 0.15) is 7.85 Å². The first-order valence-electron chi connectivity index (χ1n) is 3.16. The van der Waals surface area contributed by atoms with Crippen molar-refractivity contribution in [2.45, 2.75) is 0 Å². The lowest BCUT2D eigenvalue weighted by Gasteiger charge is -1.96. The number of halogens is 1. The molecular formula is C7H4BClN2. The molecule has 2 aromatic rings. The van der Waals surface area contributed by atoms with Gasteiger partial charge in [-0.25, -0.2) is 0 Å². The molecule has 0 atom stereocenters. The van der Waals surface area contributed by atoms with Crippen molar-refractivity contribution in [3.8, 4) is 0 Å². The molecule has 0 amide bonds. The van der Waals surface area contributed by atoms with Gasteiger partial charge in [0.15, 0.2) is 0 Å². The van der Waals surface area contributed by atoms with Crippen LogP contribution in [0.2, 0.25) is 5.02 Å². The van der Waals surface area contributed by atoms with E-state index in [1.54, 1.807) is 12.3 Å². The topological polar surface area (TPSA) is 28.7 Å². The summed E-state index contributed by atoms with van der Waals surface area (Å²) in [6.07, 6.45) is 1.66.